The number of rotatable bonds is 5. The van der Waals surface area contributed by atoms with Crippen molar-refractivity contribution in [3.05, 3.63) is 41.7 Å². The molecule has 3 rings (SSSR count). The largest absolute Gasteiger partial charge is 0.483 e. The Morgan fingerprint density at radius 1 is 1.27 bits per heavy atom. The van der Waals surface area contributed by atoms with Crippen LogP contribution >= 0.6 is 0 Å². The van der Waals surface area contributed by atoms with E-state index in [0.29, 0.717) is 24.6 Å². The number of hydrogen-bond acceptors (Lipinski definition) is 5. The number of carboxylic acid groups (broad SMARTS) is 1. The molecule has 0 aliphatic carbocycles. The molecule has 1 N–H and O–H groups in total. The summed E-state index contributed by atoms with van der Waals surface area (Å²) in [6.45, 7) is 0.861. The van der Waals surface area contributed by atoms with Crippen LogP contribution in [-0.2, 0) is 24.3 Å². The maximum atomic E-state index is 12.8. The van der Waals surface area contributed by atoms with E-state index in [4.69, 9.17) is 9.90 Å². The molecule has 0 aromatic carbocycles. The lowest BCUT2D eigenvalue weighted by atomic mass is 10.2. The molecule has 3 heterocycles. The van der Waals surface area contributed by atoms with E-state index < -0.39 is 12.7 Å². The maximum Gasteiger partial charge on any atom is 0.408 e. The Kier molecular flexibility index (Phi) is 7.07. The van der Waals surface area contributed by atoms with Crippen molar-refractivity contribution < 1.29 is 23.1 Å². The van der Waals surface area contributed by atoms with Crippen LogP contribution in [0.4, 0.5) is 13.2 Å². The predicted octanol–water partition coefficient (Wildman–Crippen LogP) is 2.12. The second-order valence-corrected chi connectivity index (χ2v) is 5.84. The van der Waals surface area contributed by atoms with E-state index >= 15 is 0 Å². The van der Waals surface area contributed by atoms with E-state index in [-0.39, 0.29) is 6.47 Å². The lowest BCUT2D eigenvalue weighted by Gasteiger charge is -2.15. The first-order valence-electron chi connectivity index (χ1n) is 8.09. The van der Waals surface area contributed by atoms with Gasteiger partial charge in [0.2, 0.25) is 0 Å². The Bertz CT molecular complexity index is 685. The van der Waals surface area contributed by atoms with Gasteiger partial charge in [0, 0.05) is 18.8 Å². The molecule has 0 amide bonds. The maximum absolute atomic E-state index is 12.8. The summed E-state index contributed by atoms with van der Waals surface area (Å²) in [5.74, 6) is 0.777. The molecular formula is C16H20F3N5O2. The molecule has 1 saturated heterocycles. The zero-order chi connectivity index (χ0) is 19.0. The van der Waals surface area contributed by atoms with E-state index in [2.05, 4.69) is 20.0 Å². The number of nitrogens with zero attached hydrogens (tertiary/aromatic N) is 5. The van der Waals surface area contributed by atoms with Gasteiger partial charge in [0.15, 0.2) is 5.82 Å². The van der Waals surface area contributed by atoms with Gasteiger partial charge in [0.05, 0.1) is 6.54 Å². The minimum atomic E-state index is -4.31. The predicted molar refractivity (Wildman–Crippen MR) is 86.3 cm³/mol. The zero-order valence-corrected chi connectivity index (χ0v) is 14.1. The molecule has 2 aromatic rings. The molecule has 0 radical (unpaired) electrons. The van der Waals surface area contributed by atoms with Gasteiger partial charge in [0.25, 0.3) is 6.47 Å². The van der Waals surface area contributed by atoms with Crippen molar-refractivity contribution in [2.24, 2.45) is 0 Å². The van der Waals surface area contributed by atoms with Crippen LogP contribution in [0.25, 0.3) is 0 Å². The fourth-order valence-corrected chi connectivity index (χ4v) is 2.74. The molecular weight excluding hydrogens is 351 g/mol. The zero-order valence-electron chi connectivity index (χ0n) is 14.1. The van der Waals surface area contributed by atoms with E-state index in [0.717, 1.165) is 36.2 Å². The molecule has 142 valence electrons. The minimum absolute atomic E-state index is 0.250. The smallest absolute Gasteiger partial charge is 0.408 e. The number of aromatic nitrogens is 4. The van der Waals surface area contributed by atoms with Gasteiger partial charge >= 0.3 is 6.18 Å². The number of carbonyl (C=O) groups is 1. The third kappa shape index (κ3) is 6.43. The standard InChI is InChI=1S/C15H18F3N5.CH2O2/c16-15(17,18)11-23-14(10-22-6-1-2-7-22)20-13(21-23)8-12-4-3-5-19-9-12;2-1-3/h3-5,9H,1-2,6-8,10-11H2;1H,(H,2,3). The van der Waals surface area contributed by atoms with Gasteiger partial charge in [-0.2, -0.15) is 18.3 Å². The lowest BCUT2D eigenvalue weighted by Crippen LogP contribution is -2.25. The molecule has 0 atom stereocenters. The molecule has 0 spiro atoms. The van der Waals surface area contributed by atoms with Crippen LogP contribution in [0.15, 0.2) is 24.5 Å². The number of likely N-dealkylation sites (tertiary alicyclic amines) is 1. The first-order chi connectivity index (χ1) is 12.4. The molecule has 0 unspecified atom stereocenters. The Balaban J connectivity index is 0.000000758. The van der Waals surface area contributed by atoms with Crippen LogP contribution < -0.4 is 0 Å². The third-order valence-corrected chi connectivity index (χ3v) is 3.77. The highest BCUT2D eigenvalue weighted by Gasteiger charge is 2.31. The van der Waals surface area contributed by atoms with Crippen LogP contribution in [0.2, 0.25) is 0 Å². The monoisotopic (exact) mass is 371 g/mol. The van der Waals surface area contributed by atoms with Crippen molar-refractivity contribution in [3.63, 3.8) is 0 Å². The molecule has 0 saturated carbocycles. The molecule has 7 nitrogen and oxygen atoms in total. The number of alkyl halides is 3. The number of halogens is 3. The highest BCUT2D eigenvalue weighted by Crippen LogP contribution is 2.20. The van der Waals surface area contributed by atoms with E-state index in [1.54, 1.807) is 18.5 Å². The third-order valence-electron chi connectivity index (χ3n) is 3.77. The molecule has 10 heteroatoms. The van der Waals surface area contributed by atoms with Gasteiger partial charge < -0.3 is 5.11 Å². The average molecular weight is 371 g/mol. The summed E-state index contributed by atoms with van der Waals surface area (Å²) in [7, 11) is 0. The summed E-state index contributed by atoms with van der Waals surface area (Å²) < 4.78 is 39.3. The topological polar surface area (TPSA) is 84.1 Å². The van der Waals surface area contributed by atoms with Crippen LogP contribution in [0, 0.1) is 0 Å². The Morgan fingerprint density at radius 3 is 2.54 bits per heavy atom. The summed E-state index contributed by atoms with van der Waals surface area (Å²) in [6.07, 6.45) is 1.55. The summed E-state index contributed by atoms with van der Waals surface area (Å²) in [6, 6.07) is 3.64. The van der Waals surface area contributed by atoms with E-state index in [9.17, 15) is 13.2 Å². The van der Waals surface area contributed by atoms with Crippen LogP contribution in [0.5, 0.6) is 0 Å². The summed E-state index contributed by atoms with van der Waals surface area (Å²) >= 11 is 0. The number of hydrogen-bond donors (Lipinski definition) is 1. The Hall–Kier alpha value is -2.49. The number of pyridine rings is 1. The van der Waals surface area contributed by atoms with Crippen molar-refractivity contribution in [2.75, 3.05) is 13.1 Å². The minimum Gasteiger partial charge on any atom is -0.483 e. The summed E-state index contributed by atoms with van der Waals surface area (Å²) in [4.78, 5) is 18.8. The lowest BCUT2D eigenvalue weighted by molar-refractivity contribution is -0.143. The first kappa shape index (κ1) is 19.8. The van der Waals surface area contributed by atoms with E-state index in [1.165, 1.54) is 0 Å². The van der Waals surface area contributed by atoms with E-state index in [1.807, 2.05) is 6.07 Å². The SMILES string of the molecule is FC(F)(F)Cn1nc(Cc2cccnc2)nc1CN1CCCC1.O=CO. The fraction of sp³-hybridized carbons (Fsp3) is 0.500. The quantitative estimate of drug-likeness (QED) is 0.811. The first-order valence-corrected chi connectivity index (χ1v) is 8.09. The fourth-order valence-electron chi connectivity index (χ4n) is 2.74. The van der Waals surface area contributed by atoms with Crippen LogP contribution in [-0.4, -0.2) is 55.5 Å². The van der Waals surface area contributed by atoms with Crippen molar-refractivity contribution >= 4 is 6.47 Å². The van der Waals surface area contributed by atoms with Crippen LogP contribution in [0.3, 0.4) is 0 Å². The van der Waals surface area contributed by atoms with Crippen molar-refractivity contribution in [1.29, 1.82) is 0 Å². The molecule has 1 fully saturated rings. The summed E-state index contributed by atoms with van der Waals surface area (Å²) in [5.41, 5.74) is 0.879. The second-order valence-electron chi connectivity index (χ2n) is 5.84. The second kappa shape index (κ2) is 9.27. The molecule has 0 bridgehead atoms. The summed E-state index contributed by atoms with van der Waals surface area (Å²) in [5, 5.41) is 11.0. The average Bonchev–Trinajstić information content (AvgIpc) is 3.19. The van der Waals surface area contributed by atoms with Gasteiger partial charge in [-0.3, -0.25) is 14.7 Å². The van der Waals surface area contributed by atoms with Gasteiger partial charge in [-0.05, 0) is 37.6 Å². The van der Waals surface area contributed by atoms with Crippen molar-refractivity contribution in [3.8, 4) is 0 Å². The molecule has 1 aliphatic heterocycles. The molecule has 26 heavy (non-hydrogen) atoms. The molecule has 2 aromatic heterocycles. The van der Waals surface area contributed by atoms with Crippen molar-refractivity contribution in [2.45, 2.75) is 38.5 Å². The Morgan fingerprint density at radius 2 is 1.96 bits per heavy atom. The Labute approximate surface area is 148 Å². The molecule has 1 aliphatic rings. The van der Waals surface area contributed by atoms with Crippen molar-refractivity contribution in [1.82, 2.24) is 24.6 Å². The van der Waals surface area contributed by atoms with Gasteiger partial charge in [0.1, 0.15) is 12.4 Å². The van der Waals surface area contributed by atoms with Gasteiger partial charge in [-0.1, -0.05) is 6.07 Å². The normalized spacial score (nSPS) is 14.7. The van der Waals surface area contributed by atoms with Gasteiger partial charge in [-0.15, -0.1) is 0 Å². The van der Waals surface area contributed by atoms with Gasteiger partial charge in [-0.25, -0.2) is 9.67 Å². The van der Waals surface area contributed by atoms with Crippen LogP contribution in [0.1, 0.15) is 30.1 Å². The highest BCUT2D eigenvalue weighted by molar-refractivity contribution is 5.32. The highest BCUT2D eigenvalue weighted by atomic mass is 19.4.